The molecule has 254 valence electrons. The highest BCUT2D eigenvalue weighted by Gasteiger charge is 2.20. The van der Waals surface area contributed by atoms with Gasteiger partial charge >= 0.3 is 0 Å². The van der Waals surface area contributed by atoms with Crippen molar-refractivity contribution in [1.29, 1.82) is 0 Å². The van der Waals surface area contributed by atoms with Gasteiger partial charge in [0, 0.05) is 16.2 Å². The fourth-order valence-electron chi connectivity index (χ4n) is 9.35. The third-order valence-electron chi connectivity index (χ3n) is 11.8. The van der Waals surface area contributed by atoms with Gasteiger partial charge in [0.05, 0.1) is 0 Å². The van der Waals surface area contributed by atoms with Crippen molar-refractivity contribution in [3.05, 3.63) is 194 Å². The van der Waals surface area contributed by atoms with Gasteiger partial charge in [-0.1, -0.05) is 170 Å². The van der Waals surface area contributed by atoms with E-state index in [2.05, 4.69) is 194 Å². The predicted octanol–water partition coefficient (Wildman–Crippen LogP) is 15.5. The maximum absolute atomic E-state index is 6.84. The molecule has 0 spiro atoms. The van der Waals surface area contributed by atoms with E-state index in [9.17, 15) is 0 Å². The largest absolute Gasteiger partial charge is 0.455 e. The van der Waals surface area contributed by atoms with Crippen molar-refractivity contribution < 1.29 is 4.42 Å². The molecule has 55 heavy (non-hydrogen) atoms. The van der Waals surface area contributed by atoms with Crippen LogP contribution in [0.4, 0.5) is 0 Å². The average Bonchev–Trinajstić information content (AvgIpc) is 3.63. The molecule has 0 saturated heterocycles. The monoisotopic (exact) mass is 696 g/mol. The highest BCUT2D eigenvalue weighted by atomic mass is 16.3. The van der Waals surface area contributed by atoms with Gasteiger partial charge in [-0.25, -0.2) is 0 Å². The van der Waals surface area contributed by atoms with Crippen LogP contribution >= 0.6 is 0 Å². The molecule has 0 radical (unpaired) electrons. The van der Waals surface area contributed by atoms with Gasteiger partial charge in [0.15, 0.2) is 0 Å². The number of hydrogen-bond donors (Lipinski definition) is 0. The highest BCUT2D eigenvalue weighted by molar-refractivity contribution is 6.31. The van der Waals surface area contributed by atoms with Crippen molar-refractivity contribution >= 4 is 86.6 Å². The fraction of sp³-hybridized carbons (Fsp3) is 0. The molecule has 12 aromatic rings. The Morgan fingerprint density at radius 1 is 0.273 bits per heavy atom. The summed E-state index contributed by atoms with van der Waals surface area (Å²) in [5.41, 5.74) is 9.21. The molecule has 1 nitrogen and oxygen atoms in total. The van der Waals surface area contributed by atoms with Crippen LogP contribution < -0.4 is 0 Å². The van der Waals surface area contributed by atoms with E-state index in [1.807, 2.05) is 0 Å². The Labute approximate surface area is 317 Å². The molecule has 1 heteroatoms. The smallest absolute Gasteiger partial charge is 0.143 e. The minimum absolute atomic E-state index is 0.921. The number of hydrogen-bond acceptors (Lipinski definition) is 1. The van der Waals surface area contributed by atoms with Crippen molar-refractivity contribution in [2.45, 2.75) is 0 Å². The van der Waals surface area contributed by atoms with E-state index in [0.717, 1.165) is 27.5 Å². The summed E-state index contributed by atoms with van der Waals surface area (Å²) < 4.78 is 6.84. The van der Waals surface area contributed by atoms with Crippen molar-refractivity contribution in [3.63, 3.8) is 0 Å². The lowest BCUT2D eigenvalue weighted by Gasteiger charge is -2.19. The number of rotatable bonds is 3. The van der Waals surface area contributed by atoms with Gasteiger partial charge in [-0.3, -0.25) is 0 Å². The van der Waals surface area contributed by atoms with Gasteiger partial charge < -0.3 is 4.42 Å². The van der Waals surface area contributed by atoms with Gasteiger partial charge in [-0.15, -0.1) is 0 Å². The summed E-state index contributed by atoms with van der Waals surface area (Å²) in [7, 11) is 0. The lowest BCUT2D eigenvalue weighted by Crippen LogP contribution is -1.92. The molecule has 0 N–H and O–H groups in total. The molecule has 0 fully saturated rings. The van der Waals surface area contributed by atoms with Crippen molar-refractivity contribution in [3.8, 4) is 33.4 Å². The lowest BCUT2D eigenvalue weighted by molar-refractivity contribution is 0.673. The van der Waals surface area contributed by atoms with E-state index in [1.165, 1.54) is 92.5 Å². The zero-order chi connectivity index (χ0) is 36.0. The molecule has 0 aliphatic carbocycles. The summed E-state index contributed by atoms with van der Waals surface area (Å²) in [6, 6.07) is 71.0. The first-order chi connectivity index (χ1) is 27.3. The second-order valence-electron chi connectivity index (χ2n) is 14.8. The van der Waals surface area contributed by atoms with Gasteiger partial charge in [-0.2, -0.15) is 0 Å². The average molecular weight is 697 g/mol. The lowest BCUT2D eigenvalue weighted by atomic mass is 9.84. The van der Waals surface area contributed by atoms with Gasteiger partial charge in [-0.05, 0) is 117 Å². The molecule has 1 aromatic heterocycles. The highest BCUT2D eigenvalue weighted by Crippen LogP contribution is 2.47. The van der Waals surface area contributed by atoms with Crippen LogP contribution in [-0.2, 0) is 0 Å². The second kappa shape index (κ2) is 11.6. The van der Waals surface area contributed by atoms with Crippen LogP contribution in [0.5, 0.6) is 0 Å². The molecule has 0 aliphatic rings. The Balaban J connectivity index is 1.10. The summed E-state index contributed by atoms with van der Waals surface area (Å²) in [6.07, 6.45) is 0. The molecular weight excluding hydrogens is 665 g/mol. The molecule has 1 heterocycles. The molecule has 12 rings (SSSR count). The van der Waals surface area contributed by atoms with Crippen molar-refractivity contribution in [1.82, 2.24) is 0 Å². The first kappa shape index (κ1) is 30.3. The summed E-state index contributed by atoms with van der Waals surface area (Å²) in [6.45, 7) is 0. The van der Waals surface area contributed by atoms with Gasteiger partial charge in [0.1, 0.15) is 11.2 Å². The van der Waals surface area contributed by atoms with Crippen LogP contribution in [0.1, 0.15) is 0 Å². The summed E-state index contributed by atoms with van der Waals surface area (Å²) in [5, 5.41) is 17.1. The molecule has 11 aromatic carbocycles. The zero-order valence-corrected chi connectivity index (χ0v) is 29.9. The Bertz CT molecular complexity index is 3490. The maximum Gasteiger partial charge on any atom is 0.143 e. The molecule has 0 unspecified atom stereocenters. The maximum atomic E-state index is 6.84. The molecule has 0 saturated carbocycles. The fourth-order valence-corrected chi connectivity index (χ4v) is 9.35. The minimum Gasteiger partial charge on any atom is -0.455 e. The normalized spacial score (nSPS) is 12.0. The minimum atomic E-state index is 0.921. The van der Waals surface area contributed by atoms with Crippen LogP contribution in [0.25, 0.3) is 120 Å². The Morgan fingerprint density at radius 2 is 0.800 bits per heavy atom. The van der Waals surface area contributed by atoms with Crippen molar-refractivity contribution in [2.75, 3.05) is 0 Å². The Hall–Kier alpha value is -7.22. The van der Waals surface area contributed by atoms with E-state index in [0.29, 0.717) is 0 Å². The summed E-state index contributed by atoms with van der Waals surface area (Å²) >= 11 is 0. The van der Waals surface area contributed by atoms with E-state index in [1.54, 1.807) is 0 Å². The Morgan fingerprint density at radius 3 is 1.55 bits per heavy atom. The van der Waals surface area contributed by atoms with Gasteiger partial charge in [0.2, 0.25) is 0 Å². The standard InChI is InChI=1S/C54H32O/c1-2-15-36-32-50-49(31-35(36)14-1)53-43-21-6-5-20-40(43)41-28-27-37(30-48(41)54(53)55-50)34-17-11-18-38(29-34)51-44-22-7-9-24-46(44)52(47-25-10-8-23-45(47)51)42-26-12-16-33-13-3-4-19-39(33)42/h1-32H. The van der Waals surface area contributed by atoms with Crippen LogP contribution in [0, 0.1) is 0 Å². The molecule has 0 atom stereocenters. The third-order valence-corrected chi connectivity index (χ3v) is 11.8. The first-order valence-corrected chi connectivity index (χ1v) is 19.0. The van der Waals surface area contributed by atoms with Crippen molar-refractivity contribution in [2.24, 2.45) is 0 Å². The van der Waals surface area contributed by atoms with Crippen LogP contribution in [0.3, 0.4) is 0 Å². The second-order valence-corrected chi connectivity index (χ2v) is 14.8. The molecule has 0 bridgehead atoms. The molecule has 0 aliphatic heterocycles. The summed E-state index contributed by atoms with van der Waals surface area (Å²) in [4.78, 5) is 0. The quantitative estimate of drug-likeness (QED) is 0.132. The van der Waals surface area contributed by atoms with Gasteiger partial charge in [0.25, 0.3) is 0 Å². The predicted molar refractivity (Wildman–Crippen MR) is 235 cm³/mol. The number of benzene rings is 11. The number of furan rings is 1. The number of fused-ring (bicyclic) bond motifs is 12. The van der Waals surface area contributed by atoms with Crippen LogP contribution in [0.2, 0.25) is 0 Å². The molecule has 0 amide bonds. The first-order valence-electron chi connectivity index (χ1n) is 19.0. The zero-order valence-electron chi connectivity index (χ0n) is 29.9. The Kier molecular flexibility index (Phi) is 6.40. The molecular formula is C54H32O. The SMILES string of the molecule is c1cc(-c2ccc3c4ccccc4c4c5cc6ccccc6cc5oc4c3c2)cc(-c2c3ccccc3c(-c3cccc4ccccc34)c3ccccc23)c1. The van der Waals surface area contributed by atoms with E-state index in [-0.39, 0.29) is 0 Å². The van der Waals surface area contributed by atoms with E-state index in [4.69, 9.17) is 4.42 Å². The van der Waals surface area contributed by atoms with Crippen LogP contribution in [0.15, 0.2) is 199 Å². The van der Waals surface area contributed by atoms with E-state index >= 15 is 0 Å². The van der Waals surface area contributed by atoms with Crippen LogP contribution in [-0.4, -0.2) is 0 Å². The van der Waals surface area contributed by atoms with E-state index < -0.39 is 0 Å². The topological polar surface area (TPSA) is 13.1 Å². The summed E-state index contributed by atoms with van der Waals surface area (Å²) in [5.74, 6) is 0. The third kappa shape index (κ3) is 4.48.